The zero-order valence-electron chi connectivity index (χ0n) is 22.7. The summed E-state index contributed by atoms with van der Waals surface area (Å²) in [5.41, 5.74) is -4.76. The molecular formula is C18H17NO5S. The molecule has 2 N–H and O–H groups in total. The third kappa shape index (κ3) is 3.83. The standard InChI is InChI=1S/C18H17NO5S/c1-12-7-9-14(10-8-12)16-15(20)17(18(19)23-16)24-25(21,22)11-13-5-3-2-4-6-13/h2-10,16H,11,19H2,1H3/t16-/m1/s1/i2D,3D,4D,5D,6D,11D2,16D/hD2. The highest BCUT2D eigenvalue weighted by Crippen LogP contribution is 2.32. The van der Waals surface area contributed by atoms with E-state index in [4.69, 9.17) is 18.5 Å². The molecule has 0 aromatic heterocycles. The molecule has 0 amide bonds. The lowest BCUT2D eigenvalue weighted by Gasteiger charge is -2.10. The van der Waals surface area contributed by atoms with Crippen molar-refractivity contribution in [2.75, 3.05) is 0 Å². The van der Waals surface area contributed by atoms with Crippen molar-refractivity contribution < 1.29 is 35.9 Å². The first kappa shape index (κ1) is 8.53. The third-order valence-corrected chi connectivity index (χ3v) is 3.88. The van der Waals surface area contributed by atoms with Gasteiger partial charge in [0.15, 0.2) is 8.90 Å². The van der Waals surface area contributed by atoms with E-state index in [1.165, 1.54) is 24.3 Å². The lowest BCUT2D eigenvalue weighted by atomic mass is 10.0. The number of ketones is 1. The first-order chi connectivity index (χ1) is 16.0. The summed E-state index contributed by atoms with van der Waals surface area (Å²) in [7, 11) is -5.70. The maximum Gasteiger partial charge on any atom is 0.313 e. The van der Waals surface area contributed by atoms with E-state index in [1.54, 1.807) is 6.92 Å². The van der Waals surface area contributed by atoms with Crippen LogP contribution in [-0.2, 0) is 29.5 Å². The van der Waals surface area contributed by atoms with Crippen LogP contribution in [0.1, 0.15) is 33.7 Å². The van der Waals surface area contributed by atoms with E-state index in [-0.39, 0.29) is 11.3 Å². The van der Waals surface area contributed by atoms with Crippen molar-refractivity contribution in [1.82, 2.24) is 0 Å². The molecule has 0 saturated heterocycles. The number of nitrogens with two attached hydrogens (primary N) is 1. The monoisotopic (exact) mass is 369 g/mol. The number of rotatable bonds is 6. The quantitative estimate of drug-likeness (QED) is 0.785. The molecule has 2 aromatic carbocycles. The van der Waals surface area contributed by atoms with Crippen molar-refractivity contribution in [2.24, 2.45) is 5.72 Å². The molecule has 0 radical (unpaired) electrons. The molecule has 25 heavy (non-hydrogen) atoms. The minimum absolute atomic E-state index is 0.0999. The van der Waals surface area contributed by atoms with Crippen LogP contribution in [0.5, 0.6) is 0 Å². The van der Waals surface area contributed by atoms with Gasteiger partial charge in [0.05, 0.1) is 11.0 Å². The summed E-state index contributed by atoms with van der Waals surface area (Å²) < 4.78 is 114. The fraction of sp³-hybridized carbons (Fsp3) is 0.167. The van der Waals surface area contributed by atoms with E-state index in [0.717, 1.165) is 5.56 Å². The molecule has 130 valence electrons. The lowest BCUT2D eigenvalue weighted by molar-refractivity contribution is -0.123. The van der Waals surface area contributed by atoms with Gasteiger partial charge in [0, 0.05) is 5.56 Å². The van der Waals surface area contributed by atoms with Gasteiger partial charge in [-0.05, 0) is 12.5 Å². The summed E-state index contributed by atoms with van der Waals surface area (Å²) >= 11 is 0. The van der Waals surface area contributed by atoms with Crippen LogP contribution in [-0.4, -0.2) is 14.2 Å². The molecule has 1 aliphatic rings. The van der Waals surface area contributed by atoms with Gasteiger partial charge in [0.1, 0.15) is 5.70 Å². The van der Waals surface area contributed by atoms with Gasteiger partial charge in [-0.25, -0.2) is 0 Å². The second-order valence-electron chi connectivity index (χ2n) is 4.90. The van der Waals surface area contributed by atoms with Crippen LogP contribution in [0.2, 0.25) is 2.82 Å². The Morgan fingerprint density at radius 3 is 2.64 bits per heavy atom. The molecule has 0 unspecified atom stereocenters. The van der Waals surface area contributed by atoms with Crippen molar-refractivity contribution in [3.8, 4) is 0 Å². The first-order valence-electron chi connectivity index (χ1n) is 11.7. The Morgan fingerprint density at radius 2 is 2.00 bits per heavy atom. The molecule has 3 rings (SSSR count). The van der Waals surface area contributed by atoms with Gasteiger partial charge in [0.2, 0.25) is 17.4 Å². The van der Waals surface area contributed by atoms with Crippen LogP contribution in [0.4, 0.5) is 0 Å². The van der Waals surface area contributed by atoms with Crippen LogP contribution in [0.25, 0.3) is 0 Å². The van der Waals surface area contributed by atoms with Gasteiger partial charge in [-0.2, -0.15) is 8.42 Å². The molecule has 0 aliphatic carbocycles. The number of benzene rings is 2. The molecule has 0 fully saturated rings. The molecule has 1 heterocycles. The van der Waals surface area contributed by atoms with E-state index >= 15 is 0 Å². The van der Waals surface area contributed by atoms with Crippen molar-refractivity contribution in [3.05, 3.63) is 82.8 Å². The van der Waals surface area contributed by atoms with Crippen LogP contribution in [0, 0.1) is 6.92 Å². The van der Waals surface area contributed by atoms with E-state index in [1.807, 2.05) is 0 Å². The maximum absolute atomic E-state index is 13.0. The van der Waals surface area contributed by atoms with Crippen molar-refractivity contribution >= 4 is 15.9 Å². The summed E-state index contributed by atoms with van der Waals surface area (Å²) in [6.45, 7) is 1.72. The molecule has 1 atom stereocenters. The predicted molar refractivity (Wildman–Crippen MR) is 91.4 cm³/mol. The third-order valence-electron chi connectivity index (χ3n) is 3.04. The minimum atomic E-state index is -5.70. The van der Waals surface area contributed by atoms with Gasteiger partial charge < -0.3 is 14.6 Å². The number of hydrogen-bond donors (Lipinski definition) is 1. The van der Waals surface area contributed by atoms with Gasteiger partial charge in [0.25, 0.3) is 0 Å². The highest BCUT2D eigenvalue weighted by Gasteiger charge is 2.39. The number of carbonyl (C=O) groups excluding carboxylic acids is 1. The molecule has 7 heteroatoms. The van der Waals surface area contributed by atoms with Crippen LogP contribution < -0.4 is 5.72 Å². The van der Waals surface area contributed by atoms with Gasteiger partial charge in [-0.1, -0.05) is 60.0 Å². The summed E-state index contributed by atoms with van der Waals surface area (Å²) in [5, 5.41) is 0. The zero-order valence-corrected chi connectivity index (χ0v) is 13.5. The first-order valence-corrected chi connectivity index (χ1v) is 8.22. The fourth-order valence-corrected chi connectivity index (χ4v) is 2.67. The molecular weight excluding hydrogens is 342 g/mol. The second kappa shape index (κ2) is 6.60. The molecule has 0 saturated carbocycles. The van der Waals surface area contributed by atoms with Crippen LogP contribution in [0.15, 0.2) is 66.1 Å². The van der Waals surface area contributed by atoms with E-state index in [2.05, 4.69) is 4.18 Å². The summed E-state index contributed by atoms with van der Waals surface area (Å²) in [5.74, 6) is -3.96. The number of ether oxygens (including phenoxy) is 1. The van der Waals surface area contributed by atoms with E-state index in [9.17, 15) is 13.2 Å². The Labute approximate surface area is 160 Å². The largest absolute Gasteiger partial charge is 0.460 e. The number of Topliss-reactive ketones (excluding diaryl/α,β-unsaturated/α-hetero) is 1. The average Bonchev–Trinajstić information content (AvgIpc) is 3.02. The summed E-state index contributed by atoms with van der Waals surface area (Å²) in [6.07, 6.45) is -2.67. The Morgan fingerprint density at radius 1 is 1.32 bits per heavy atom. The highest BCUT2D eigenvalue weighted by atomic mass is 32.2. The van der Waals surface area contributed by atoms with E-state index in [0.29, 0.717) is 0 Å². The number of carbonyl (C=O) groups is 1. The van der Waals surface area contributed by atoms with Gasteiger partial charge >= 0.3 is 10.1 Å². The van der Waals surface area contributed by atoms with E-state index < -0.39 is 75.1 Å². The Bertz CT molecular complexity index is 1330. The van der Waals surface area contributed by atoms with Gasteiger partial charge in [-0.3, -0.25) is 4.79 Å². The fourth-order valence-electron chi connectivity index (χ4n) is 1.91. The van der Waals surface area contributed by atoms with Crippen molar-refractivity contribution in [1.29, 1.82) is 0 Å². The molecule has 0 bridgehead atoms. The van der Waals surface area contributed by atoms with Crippen LogP contribution >= 0.6 is 0 Å². The number of aryl methyl sites for hydroxylation is 1. The Balaban J connectivity index is 2.12. The Hall–Kier alpha value is -2.80. The van der Waals surface area contributed by atoms with Gasteiger partial charge in [-0.15, -0.1) is 0 Å². The normalized spacial score (nSPS) is 26.5. The average molecular weight is 369 g/mol. The second-order valence-corrected chi connectivity index (χ2v) is 6.18. The number of hydrogen-bond acceptors (Lipinski definition) is 6. The molecule has 6 nitrogen and oxygen atoms in total. The van der Waals surface area contributed by atoms with Crippen molar-refractivity contribution in [3.63, 3.8) is 0 Å². The SMILES string of the molecule is [2H]c1c([2H])c([2H])c(C([2H])([2H])S(=O)(=O)OC2=C(N([2H])[2H])O[C@]([2H])(c3ccc(C)cc3)C2=O)c([2H])c1[2H]. The minimum Gasteiger partial charge on any atom is -0.460 e. The van der Waals surface area contributed by atoms with Crippen molar-refractivity contribution in [2.45, 2.75) is 18.7 Å². The molecule has 2 aromatic rings. The zero-order chi connectivity index (χ0) is 26.7. The Kier molecular flexibility index (Phi) is 2.25. The molecule has 0 spiro atoms. The maximum atomic E-state index is 13.0. The lowest BCUT2D eigenvalue weighted by Crippen LogP contribution is -2.16. The topological polar surface area (TPSA) is 95.7 Å². The summed E-state index contributed by atoms with van der Waals surface area (Å²) in [6, 6.07) is 0.461. The highest BCUT2D eigenvalue weighted by molar-refractivity contribution is 7.86. The predicted octanol–water partition coefficient (Wildman–Crippen LogP) is 2.31. The van der Waals surface area contributed by atoms with Crippen LogP contribution in [0.3, 0.4) is 0 Å². The summed E-state index contributed by atoms with van der Waals surface area (Å²) in [4.78, 5) is 13.0. The molecule has 1 aliphatic heterocycles. The smallest absolute Gasteiger partial charge is 0.313 e.